The summed E-state index contributed by atoms with van der Waals surface area (Å²) in [7, 11) is -1.70. The molecule has 1 aliphatic rings. The van der Waals surface area contributed by atoms with Gasteiger partial charge in [-0.3, -0.25) is 9.48 Å². The number of hydrogen-bond acceptors (Lipinski definition) is 6. The Morgan fingerprint density at radius 1 is 1.11 bits per heavy atom. The molecule has 0 bridgehead atoms. The first-order valence-corrected chi connectivity index (χ1v) is 13.0. The minimum Gasteiger partial charge on any atom is -0.463 e. The number of pyridine rings is 1. The Bertz CT molecular complexity index is 1470. The number of piperidine rings is 1. The quantitative estimate of drug-likeness (QED) is 0.439. The molecular formula is C25H27N5O4S. The Kier molecular flexibility index (Phi) is 6.16. The molecule has 0 saturated carbocycles. The number of aryl methyl sites for hydroxylation is 2. The van der Waals surface area contributed by atoms with E-state index in [9.17, 15) is 13.2 Å². The molecule has 1 aliphatic heterocycles. The van der Waals surface area contributed by atoms with Crippen molar-refractivity contribution >= 4 is 27.0 Å². The van der Waals surface area contributed by atoms with Gasteiger partial charge in [-0.05, 0) is 55.7 Å². The van der Waals surface area contributed by atoms with Crippen molar-refractivity contribution in [3.05, 3.63) is 65.5 Å². The predicted octanol–water partition coefficient (Wildman–Crippen LogP) is 3.64. The number of aromatic nitrogens is 3. The predicted molar refractivity (Wildman–Crippen MR) is 131 cm³/mol. The number of sulfonamides is 1. The summed E-state index contributed by atoms with van der Waals surface area (Å²) in [5, 5.41) is 8.06. The highest BCUT2D eigenvalue weighted by Crippen LogP contribution is 2.27. The summed E-state index contributed by atoms with van der Waals surface area (Å²) in [6, 6.07) is 12.0. The Hall–Kier alpha value is -3.50. The van der Waals surface area contributed by atoms with Crippen molar-refractivity contribution in [1.82, 2.24) is 24.4 Å². The van der Waals surface area contributed by atoms with Crippen molar-refractivity contribution < 1.29 is 17.6 Å². The molecule has 182 valence electrons. The molecular weight excluding hydrogens is 466 g/mol. The van der Waals surface area contributed by atoms with E-state index >= 15 is 0 Å². The molecule has 0 atom stereocenters. The minimum absolute atomic E-state index is 0.252. The van der Waals surface area contributed by atoms with E-state index in [1.54, 1.807) is 64.8 Å². The van der Waals surface area contributed by atoms with E-state index in [4.69, 9.17) is 4.42 Å². The first-order valence-electron chi connectivity index (χ1n) is 11.6. The lowest BCUT2D eigenvalue weighted by molar-refractivity contribution is 0.0952. The second-order valence-corrected chi connectivity index (χ2v) is 10.7. The van der Waals surface area contributed by atoms with Crippen LogP contribution in [0.25, 0.3) is 22.5 Å². The van der Waals surface area contributed by atoms with Crippen LogP contribution in [0.5, 0.6) is 0 Å². The zero-order chi connectivity index (χ0) is 24.6. The highest BCUT2D eigenvalue weighted by molar-refractivity contribution is 7.89. The topological polar surface area (TPSA) is 110 Å². The van der Waals surface area contributed by atoms with Gasteiger partial charge in [-0.15, -0.1) is 0 Å². The molecule has 1 N–H and O–H groups in total. The number of furan rings is 1. The number of hydrogen-bond donors (Lipinski definition) is 1. The van der Waals surface area contributed by atoms with E-state index in [2.05, 4.69) is 15.4 Å². The third-order valence-electron chi connectivity index (χ3n) is 6.32. The van der Waals surface area contributed by atoms with Crippen LogP contribution in [0.15, 0.2) is 58.0 Å². The van der Waals surface area contributed by atoms with E-state index in [0.29, 0.717) is 46.8 Å². The van der Waals surface area contributed by atoms with Crippen molar-refractivity contribution in [2.24, 2.45) is 7.05 Å². The minimum atomic E-state index is -3.49. The molecule has 4 aromatic rings. The molecule has 35 heavy (non-hydrogen) atoms. The lowest BCUT2D eigenvalue weighted by atomic mass is 10.1. The van der Waals surface area contributed by atoms with Crippen LogP contribution in [0.4, 0.5) is 0 Å². The maximum atomic E-state index is 13.2. The van der Waals surface area contributed by atoms with Crippen molar-refractivity contribution in [3.63, 3.8) is 0 Å². The molecule has 1 amide bonds. The van der Waals surface area contributed by atoms with Crippen LogP contribution in [-0.4, -0.2) is 46.5 Å². The van der Waals surface area contributed by atoms with E-state index < -0.39 is 10.0 Å². The Morgan fingerprint density at radius 2 is 1.86 bits per heavy atom. The number of benzene rings is 1. The second-order valence-electron chi connectivity index (χ2n) is 8.73. The molecule has 0 aliphatic carbocycles. The molecule has 9 nitrogen and oxygen atoms in total. The van der Waals surface area contributed by atoms with Crippen molar-refractivity contribution in [3.8, 4) is 11.5 Å². The highest BCUT2D eigenvalue weighted by Gasteiger charge is 2.26. The molecule has 10 heteroatoms. The fraction of sp³-hybridized carbons (Fsp3) is 0.320. The largest absolute Gasteiger partial charge is 0.463 e. The van der Waals surface area contributed by atoms with Crippen molar-refractivity contribution in [1.29, 1.82) is 0 Å². The monoisotopic (exact) mass is 493 g/mol. The van der Waals surface area contributed by atoms with Gasteiger partial charge in [0, 0.05) is 26.7 Å². The molecule has 5 rings (SSSR count). The number of nitrogens with one attached hydrogen (secondary N) is 1. The van der Waals surface area contributed by atoms with Crippen LogP contribution in [0, 0.1) is 6.92 Å². The molecule has 1 aromatic carbocycles. The molecule has 1 saturated heterocycles. The maximum Gasteiger partial charge on any atom is 0.252 e. The van der Waals surface area contributed by atoms with Gasteiger partial charge in [0.25, 0.3) is 5.91 Å². The van der Waals surface area contributed by atoms with Crippen LogP contribution >= 0.6 is 0 Å². The van der Waals surface area contributed by atoms with Gasteiger partial charge in [0.1, 0.15) is 5.69 Å². The lowest BCUT2D eigenvalue weighted by Gasteiger charge is -2.25. The Balaban J connectivity index is 1.36. The third-order valence-corrected chi connectivity index (χ3v) is 8.23. The van der Waals surface area contributed by atoms with Crippen molar-refractivity contribution in [2.75, 3.05) is 13.1 Å². The smallest absolute Gasteiger partial charge is 0.252 e. The van der Waals surface area contributed by atoms with Gasteiger partial charge in [0.05, 0.1) is 27.8 Å². The molecule has 3 aromatic heterocycles. The van der Waals surface area contributed by atoms with Gasteiger partial charge < -0.3 is 9.73 Å². The van der Waals surface area contributed by atoms with E-state index in [1.165, 1.54) is 0 Å². The van der Waals surface area contributed by atoms with Crippen molar-refractivity contribution in [2.45, 2.75) is 37.6 Å². The second kappa shape index (κ2) is 9.27. The zero-order valence-corrected chi connectivity index (χ0v) is 20.5. The number of carbonyl (C=O) groups is 1. The Labute approximate surface area is 203 Å². The number of amides is 1. The summed E-state index contributed by atoms with van der Waals surface area (Å²) < 4.78 is 34.4. The van der Waals surface area contributed by atoms with Gasteiger partial charge in [-0.2, -0.15) is 9.40 Å². The molecule has 4 heterocycles. The first-order chi connectivity index (χ1) is 16.8. The summed E-state index contributed by atoms with van der Waals surface area (Å²) in [6.07, 6.45) is 4.41. The van der Waals surface area contributed by atoms with Gasteiger partial charge in [0.2, 0.25) is 10.0 Å². The lowest BCUT2D eigenvalue weighted by Crippen LogP contribution is -2.35. The van der Waals surface area contributed by atoms with Crippen LogP contribution in [0.2, 0.25) is 0 Å². The Morgan fingerprint density at radius 3 is 2.54 bits per heavy atom. The number of rotatable bonds is 6. The number of nitrogens with zero attached hydrogens (tertiary/aromatic N) is 4. The van der Waals surface area contributed by atoms with Gasteiger partial charge in [-0.1, -0.05) is 18.6 Å². The highest BCUT2D eigenvalue weighted by atomic mass is 32.2. The maximum absolute atomic E-state index is 13.2. The normalized spacial score (nSPS) is 14.9. The van der Waals surface area contributed by atoms with Crippen LogP contribution in [0.3, 0.4) is 0 Å². The number of carbonyl (C=O) groups excluding carboxylic acids is 1. The average molecular weight is 494 g/mol. The summed E-state index contributed by atoms with van der Waals surface area (Å²) in [5.41, 5.74) is 3.10. The summed E-state index contributed by atoms with van der Waals surface area (Å²) in [4.78, 5) is 18.2. The summed E-state index contributed by atoms with van der Waals surface area (Å²) >= 11 is 0. The van der Waals surface area contributed by atoms with E-state index in [1.807, 2.05) is 6.92 Å². The van der Waals surface area contributed by atoms with Crippen LogP contribution in [-0.2, 0) is 23.6 Å². The SMILES string of the molecule is Cc1nn(C)c2nc(-c3ccco3)cc(C(=O)NCc3ccc(S(=O)(=O)N4CCCCC4)cc3)c12. The average Bonchev–Trinajstić information content (AvgIpc) is 3.51. The molecule has 0 unspecified atom stereocenters. The van der Waals surface area contributed by atoms with E-state index in [-0.39, 0.29) is 17.3 Å². The fourth-order valence-corrected chi connectivity index (χ4v) is 6.00. The molecule has 1 fully saturated rings. The molecule has 0 spiro atoms. The van der Waals surface area contributed by atoms with Gasteiger partial charge >= 0.3 is 0 Å². The van der Waals surface area contributed by atoms with Gasteiger partial charge in [0.15, 0.2) is 11.4 Å². The molecule has 0 radical (unpaired) electrons. The van der Waals surface area contributed by atoms with Crippen LogP contribution < -0.4 is 5.32 Å². The fourth-order valence-electron chi connectivity index (χ4n) is 4.49. The number of fused-ring (bicyclic) bond motifs is 1. The van der Waals surface area contributed by atoms with Gasteiger partial charge in [-0.25, -0.2) is 13.4 Å². The first kappa shape index (κ1) is 23.3. The summed E-state index contributed by atoms with van der Waals surface area (Å²) in [6.45, 7) is 3.22. The van der Waals surface area contributed by atoms with Crippen LogP contribution in [0.1, 0.15) is 40.9 Å². The zero-order valence-electron chi connectivity index (χ0n) is 19.7. The third kappa shape index (κ3) is 4.46. The summed E-state index contributed by atoms with van der Waals surface area (Å²) in [5.74, 6) is 0.289. The standard InChI is InChI=1S/C25H27N5O4S/c1-17-23-20(15-21(22-7-6-14-34-22)27-24(23)29(2)28-17)25(31)26-16-18-8-10-19(11-9-18)35(32,33)30-12-4-3-5-13-30/h6-11,14-15H,3-5,12-13,16H2,1-2H3,(H,26,31). The van der Waals surface area contributed by atoms with E-state index in [0.717, 1.165) is 24.8 Å².